The van der Waals surface area contributed by atoms with Crippen LogP contribution in [0.4, 0.5) is 0 Å². The van der Waals surface area contributed by atoms with Crippen LogP contribution in [0, 0.1) is 18.3 Å². The largest absolute Gasteiger partial charge is 0.381 e. The van der Waals surface area contributed by atoms with E-state index in [1.807, 2.05) is 0 Å². The van der Waals surface area contributed by atoms with E-state index in [9.17, 15) is 9.59 Å². The van der Waals surface area contributed by atoms with Gasteiger partial charge < -0.3 is 15.8 Å². The summed E-state index contributed by atoms with van der Waals surface area (Å²) in [5.74, 6) is 1.28. The highest BCUT2D eigenvalue weighted by atomic mass is 16.5. The van der Waals surface area contributed by atoms with Crippen molar-refractivity contribution in [2.75, 3.05) is 13.2 Å². The highest BCUT2D eigenvalue weighted by molar-refractivity contribution is 5.87. The summed E-state index contributed by atoms with van der Waals surface area (Å²) in [5.41, 5.74) is 5.09. The van der Waals surface area contributed by atoms with Gasteiger partial charge in [0.2, 0.25) is 11.8 Å². The normalized spacial score (nSPS) is 21.7. The van der Waals surface area contributed by atoms with E-state index in [2.05, 4.69) is 11.2 Å². The van der Waals surface area contributed by atoms with Gasteiger partial charge in [0.25, 0.3) is 0 Å². The van der Waals surface area contributed by atoms with Crippen LogP contribution in [-0.4, -0.2) is 31.1 Å². The van der Waals surface area contributed by atoms with Gasteiger partial charge in [0.05, 0.1) is 12.5 Å². The molecule has 0 aromatic carbocycles. The van der Waals surface area contributed by atoms with Crippen LogP contribution >= 0.6 is 0 Å². The highest BCUT2D eigenvalue weighted by Crippen LogP contribution is 2.12. The number of ether oxygens (including phenoxy) is 1. The van der Waals surface area contributed by atoms with E-state index in [0.717, 1.165) is 0 Å². The van der Waals surface area contributed by atoms with E-state index in [0.29, 0.717) is 19.6 Å². The fourth-order valence-corrected chi connectivity index (χ4v) is 1.37. The maximum Gasteiger partial charge on any atom is 0.240 e. The SMILES string of the molecule is C#CC[C@@H](NC(=O)[C@@H]1CCOC1)C(N)=O. The second-order valence-corrected chi connectivity index (χ2v) is 3.43. The summed E-state index contributed by atoms with van der Waals surface area (Å²) in [5, 5.41) is 2.52. The molecule has 0 aromatic heterocycles. The second kappa shape index (κ2) is 5.37. The molecule has 0 aliphatic carbocycles. The molecule has 2 amide bonds. The van der Waals surface area contributed by atoms with Gasteiger partial charge in [0, 0.05) is 13.0 Å². The summed E-state index contributed by atoms with van der Waals surface area (Å²) >= 11 is 0. The van der Waals surface area contributed by atoms with E-state index in [1.165, 1.54) is 0 Å². The monoisotopic (exact) mass is 210 g/mol. The number of hydrogen-bond acceptors (Lipinski definition) is 3. The van der Waals surface area contributed by atoms with Crippen molar-refractivity contribution in [1.82, 2.24) is 5.32 Å². The van der Waals surface area contributed by atoms with Crippen LogP contribution in [0.25, 0.3) is 0 Å². The number of nitrogens with one attached hydrogen (secondary N) is 1. The van der Waals surface area contributed by atoms with E-state index in [1.54, 1.807) is 0 Å². The van der Waals surface area contributed by atoms with Crippen LogP contribution < -0.4 is 11.1 Å². The Kier molecular flexibility index (Phi) is 4.13. The number of carbonyl (C=O) groups is 2. The molecule has 0 bridgehead atoms. The summed E-state index contributed by atoms with van der Waals surface area (Å²) < 4.78 is 5.06. The van der Waals surface area contributed by atoms with Gasteiger partial charge in [0.15, 0.2) is 0 Å². The zero-order valence-corrected chi connectivity index (χ0v) is 8.36. The first kappa shape index (κ1) is 11.5. The van der Waals surface area contributed by atoms with Crippen molar-refractivity contribution in [2.24, 2.45) is 11.7 Å². The molecule has 2 atom stereocenters. The smallest absolute Gasteiger partial charge is 0.240 e. The van der Waals surface area contributed by atoms with Crippen molar-refractivity contribution in [1.29, 1.82) is 0 Å². The Hall–Kier alpha value is -1.54. The maximum absolute atomic E-state index is 11.6. The Bertz CT molecular complexity index is 290. The Morgan fingerprint density at radius 1 is 1.67 bits per heavy atom. The van der Waals surface area contributed by atoms with Crippen molar-refractivity contribution in [3.63, 3.8) is 0 Å². The van der Waals surface area contributed by atoms with Gasteiger partial charge in [-0.05, 0) is 6.42 Å². The number of rotatable bonds is 4. The average Bonchev–Trinajstić information content (AvgIpc) is 2.69. The Labute approximate surface area is 88.3 Å². The van der Waals surface area contributed by atoms with Gasteiger partial charge in [-0.1, -0.05) is 0 Å². The average molecular weight is 210 g/mol. The number of terminal acetylenes is 1. The van der Waals surface area contributed by atoms with Crippen molar-refractivity contribution < 1.29 is 14.3 Å². The van der Waals surface area contributed by atoms with E-state index in [4.69, 9.17) is 16.9 Å². The summed E-state index contributed by atoms with van der Waals surface area (Å²) in [6, 6.07) is -0.775. The van der Waals surface area contributed by atoms with Crippen LogP contribution in [-0.2, 0) is 14.3 Å². The molecule has 1 saturated heterocycles. The summed E-state index contributed by atoms with van der Waals surface area (Å²) in [6.45, 7) is 0.974. The number of carbonyl (C=O) groups excluding carboxylic acids is 2. The molecule has 1 aliphatic heterocycles. The minimum Gasteiger partial charge on any atom is -0.381 e. The first-order chi connectivity index (χ1) is 7.15. The minimum absolute atomic E-state index is 0.120. The van der Waals surface area contributed by atoms with Crippen LogP contribution in [0.2, 0.25) is 0 Å². The number of amides is 2. The quantitative estimate of drug-likeness (QED) is 0.585. The number of hydrogen-bond donors (Lipinski definition) is 2. The molecule has 5 nitrogen and oxygen atoms in total. The van der Waals surface area contributed by atoms with Gasteiger partial charge in [-0.25, -0.2) is 0 Å². The van der Waals surface area contributed by atoms with Crippen molar-refractivity contribution in [2.45, 2.75) is 18.9 Å². The second-order valence-electron chi connectivity index (χ2n) is 3.43. The zero-order valence-electron chi connectivity index (χ0n) is 8.36. The molecular formula is C10H14N2O3. The Morgan fingerprint density at radius 3 is 2.87 bits per heavy atom. The lowest BCUT2D eigenvalue weighted by Gasteiger charge is -2.15. The lowest BCUT2D eigenvalue weighted by molar-refractivity contribution is -0.129. The molecule has 0 spiro atoms. The highest BCUT2D eigenvalue weighted by Gasteiger charge is 2.26. The number of nitrogens with two attached hydrogens (primary N) is 1. The van der Waals surface area contributed by atoms with Crippen LogP contribution in [0.1, 0.15) is 12.8 Å². The molecule has 1 aliphatic rings. The van der Waals surface area contributed by atoms with E-state index in [-0.39, 0.29) is 18.2 Å². The Balaban J connectivity index is 2.46. The lowest BCUT2D eigenvalue weighted by Crippen LogP contribution is -2.46. The van der Waals surface area contributed by atoms with Crippen molar-refractivity contribution in [3.05, 3.63) is 0 Å². The zero-order chi connectivity index (χ0) is 11.3. The first-order valence-electron chi connectivity index (χ1n) is 4.76. The molecular weight excluding hydrogens is 196 g/mol. The fraction of sp³-hybridized carbons (Fsp3) is 0.600. The third-order valence-electron chi connectivity index (χ3n) is 2.28. The molecule has 1 heterocycles. The van der Waals surface area contributed by atoms with Crippen LogP contribution in [0.3, 0.4) is 0 Å². The van der Waals surface area contributed by atoms with Gasteiger partial charge in [-0.2, -0.15) is 0 Å². The predicted octanol–water partition coefficient (Wildman–Crippen LogP) is -0.984. The van der Waals surface area contributed by atoms with Gasteiger partial charge in [-0.3, -0.25) is 9.59 Å². The predicted molar refractivity (Wildman–Crippen MR) is 53.5 cm³/mol. The molecule has 0 aromatic rings. The summed E-state index contributed by atoms with van der Waals surface area (Å²) in [7, 11) is 0. The van der Waals surface area contributed by atoms with E-state index < -0.39 is 11.9 Å². The van der Waals surface area contributed by atoms with Crippen LogP contribution in [0.15, 0.2) is 0 Å². The first-order valence-corrected chi connectivity index (χ1v) is 4.76. The third-order valence-corrected chi connectivity index (χ3v) is 2.28. The lowest BCUT2D eigenvalue weighted by atomic mass is 10.1. The molecule has 5 heteroatoms. The minimum atomic E-state index is -0.775. The topological polar surface area (TPSA) is 81.4 Å². The van der Waals surface area contributed by atoms with Gasteiger partial charge in [0.1, 0.15) is 6.04 Å². The number of primary amides is 1. The Morgan fingerprint density at radius 2 is 2.40 bits per heavy atom. The maximum atomic E-state index is 11.6. The standard InChI is InChI=1S/C10H14N2O3/c1-2-3-8(9(11)13)12-10(14)7-4-5-15-6-7/h1,7-8H,3-6H2,(H2,11,13)(H,12,14)/t7-,8-/m1/s1. The fourth-order valence-electron chi connectivity index (χ4n) is 1.37. The molecule has 0 radical (unpaired) electrons. The van der Waals surface area contributed by atoms with Crippen LogP contribution in [0.5, 0.6) is 0 Å². The molecule has 1 rings (SSSR count). The molecule has 15 heavy (non-hydrogen) atoms. The van der Waals surface area contributed by atoms with Crippen molar-refractivity contribution >= 4 is 11.8 Å². The van der Waals surface area contributed by atoms with Crippen molar-refractivity contribution in [3.8, 4) is 12.3 Å². The summed E-state index contributed by atoms with van der Waals surface area (Å²) in [4.78, 5) is 22.5. The molecule has 0 unspecified atom stereocenters. The van der Waals surface area contributed by atoms with Gasteiger partial charge in [-0.15, -0.1) is 12.3 Å². The van der Waals surface area contributed by atoms with Gasteiger partial charge >= 0.3 is 0 Å². The van der Waals surface area contributed by atoms with E-state index >= 15 is 0 Å². The summed E-state index contributed by atoms with van der Waals surface area (Å²) in [6.07, 6.45) is 5.86. The molecule has 3 N–H and O–H groups in total. The molecule has 1 fully saturated rings. The third kappa shape index (κ3) is 3.26. The molecule has 82 valence electrons. The molecule has 0 saturated carbocycles.